The highest BCUT2D eigenvalue weighted by Gasteiger charge is 2.29. The average Bonchev–Trinajstić information content (AvgIpc) is 3.00. The Balaban J connectivity index is 2.03. The van der Waals surface area contributed by atoms with E-state index in [0.29, 0.717) is 36.1 Å². The van der Waals surface area contributed by atoms with Gasteiger partial charge >= 0.3 is 5.69 Å². The Labute approximate surface area is 158 Å². The number of nitrogens with zero attached hydrogens (tertiary/aromatic N) is 5. The number of halogens is 1. The summed E-state index contributed by atoms with van der Waals surface area (Å²) in [5, 5.41) is 0. The molecule has 0 spiro atoms. The Bertz CT molecular complexity index is 1110. The standard InChI is InChI=1S/C18H20BrN5O2/c1-4-22-16(25)14-15(21(3)18(22)26)20-17-23(9-11(2)10-24(14)17)13-7-5-12(19)6-8-13/h5-8,11H,4,9-10H2,1-3H3/t11-/m0/s1. The van der Waals surface area contributed by atoms with Crippen LogP contribution in [0.25, 0.3) is 11.2 Å². The maximum absolute atomic E-state index is 12.9. The van der Waals surface area contributed by atoms with Crippen LogP contribution < -0.4 is 16.1 Å². The van der Waals surface area contributed by atoms with Gasteiger partial charge < -0.3 is 9.47 Å². The minimum atomic E-state index is -0.330. The highest BCUT2D eigenvalue weighted by Crippen LogP contribution is 2.33. The van der Waals surface area contributed by atoms with E-state index in [9.17, 15) is 9.59 Å². The average molecular weight is 418 g/mol. The number of imidazole rings is 1. The first-order chi connectivity index (χ1) is 12.4. The van der Waals surface area contributed by atoms with Crippen LogP contribution in [-0.2, 0) is 20.1 Å². The van der Waals surface area contributed by atoms with Crippen molar-refractivity contribution in [2.45, 2.75) is 26.9 Å². The topological polar surface area (TPSA) is 65.1 Å². The molecule has 3 heterocycles. The van der Waals surface area contributed by atoms with Gasteiger partial charge in [-0.1, -0.05) is 22.9 Å². The van der Waals surface area contributed by atoms with Crippen molar-refractivity contribution in [1.29, 1.82) is 0 Å². The van der Waals surface area contributed by atoms with Crippen LogP contribution in [0.3, 0.4) is 0 Å². The lowest BCUT2D eigenvalue weighted by atomic mass is 10.1. The quantitative estimate of drug-likeness (QED) is 0.642. The largest absolute Gasteiger partial charge is 0.332 e. The summed E-state index contributed by atoms with van der Waals surface area (Å²) in [6.45, 7) is 5.81. The molecule has 0 bridgehead atoms. The van der Waals surface area contributed by atoms with Gasteiger partial charge in [0.1, 0.15) is 0 Å². The molecule has 8 heteroatoms. The third-order valence-corrected chi connectivity index (χ3v) is 5.43. The summed E-state index contributed by atoms with van der Waals surface area (Å²) < 4.78 is 5.70. The van der Waals surface area contributed by atoms with E-state index < -0.39 is 0 Å². The van der Waals surface area contributed by atoms with Crippen LogP contribution in [0.5, 0.6) is 0 Å². The van der Waals surface area contributed by atoms with E-state index in [4.69, 9.17) is 4.98 Å². The van der Waals surface area contributed by atoms with Gasteiger partial charge in [0.25, 0.3) is 5.56 Å². The molecule has 0 unspecified atom stereocenters. The SMILES string of the molecule is CCn1c(=O)c2c(nc3n2C[C@@H](C)CN3c2ccc(Br)cc2)n(C)c1=O. The van der Waals surface area contributed by atoms with Crippen LogP contribution in [0.1, 0.15) is 13.8 Å². The predicted molar refractivity (Wildman–Crippen MR) is 105 cm³/mol. The number of anilines is 2. The van der Waals surface area contributed by atoms with Crippen molar-refractivity contribution in [2.24, 2.45) is 13.0 Å². The zero-order valence-electron chi connectivity index (χ0n) is 14.9. The van der Waals surface area contributed by atoms with E-state index in [1.54, 1.807) is 14.0 Å². The van der Waals surface area contributed by atoms with Crippen LogP contribution in [0.2, 0.25) is 0 Å². The van der Waals surface area contributed by atoms with Crippen molar-refractivity contribution in [1.82, 2.24) is 18.7 Å². The monoisotopic (exact) mass is 417 g/mol. The van der Waals surface area contributed by atoms with Crippen LogP contribution in [0.15, 0.2) is 38.3 Å². The van der Waals surface area contributed by atoms with Crippen LogP contribution in [0, 0.1) is 5.92 Å². The Kier molecular flexibility index (Phi) is 4.02. The van der Waals surface area contributed by atoms with E-state index in [1.807, 2.05) is 28.8 Å². The summed E-state index contributed by atoms with van der Waals surface area (Å²) >= 11 is 3.46. The van der Waals surface area contributed by atoms with Gasteiger partial charge in [0.15, 0.2) is 11.2 Å². The molecule has 0 aliphatic carbocycles. The van der Waals surface area contributed by atoms with Crippen LogP contribution in [0.4, 0.5) is 11.6 Å². The van der Waals surface area contributed by atoms with Crippen molar-refractivity contribution in [2.75, 3.05) is 11.4 Å². The summed E-state index contributed by atoms with van der Waals surface area (Å²) in [4.78, 5) is 32.2. The van der Waals surface area contributed by atoms with Crippen molar-refractivity contribution in [3.05, 3.63) is 49.6 Å². The number of benzene rings is 1. The Hall–Kier alpha value is -2.35. The molecule has 1 aromatic carbocycles. The first-order valence-electron chi connectivity index (χ1n) is 8.65. The maximum Gasteiger partial charge on any atom is 0.332 e. The smallest absolute Gasteiger partial charge is 0.312 e. The fourth-order valence-electron chi connectivity index (χ4n) is 3.62. The molecular weight excluding hydrogens is 398 g/mol. The first kappa shape index (κ1) is 17.1. The van der Waals surface area contributed by atoms with Gasteiger partial charge in [-0.25, -0.2) is 4.79 Å². The summed E-state index contributed by atoms with van der Waals surface area (Å²) in [5.74, 6) is 1.05. The van der Waals surface area contributed by atoms with Gasteiger partial charge in [0.05, 0.1) is 0 Å². The highest BCUT2D eigenvalue weighted by molar-refractivity contribution is 9.10. The number of aryl methyl sites for hydroxylation is 1. The number of rotatable bonds is 2. The zero-order valence-corrected chi connectivity index (χ0v) is 16.5. The van der Waals surface area contributed by atoms with Gasteiger partial charge in [-0.15, -0.1) is 0 Å². The number of aromatic nitrogens is 4. The van der Waals surface area contributed by atoms with Crippen LogP contribution in [-0.4, -0.2) is 25.2 Å². The van der Waals surface area contributed by atoms with Crippen molar-refractivity contribution < 1.29 is 0 Å². The molecule has 1 aliphatic rings. The highest BCUT2D eigenvalue weighted by atomic mass is 79.9. The summed E-state index contributed by atoms with van der Waals surface area (Å²) in [6.07, 6.45) is 0. The summed E-state index contributed by atoms with van der Waals surface area (Å²) in [6, 6.07) is 8.02. The molecule has 0 N–H and O–H groups in total. The van der Waals surface area contributed by atoms with E-state index in [0.717, 1.165) is 16.7 Å². The van der Waals surface area contributed by atoms with Gasteiger partial charge in [-0.2, -0.15) is 4.98 Å². The lowest BCUT2D eigenvalue weighted by molar-refractivity contribution is 0.458. The number of fused-ring (bicyclic) bond motifs is 3. The van der Waals surface area contributed by atoms with E-state index in [1.165, 1.54) is 9.13 Å². The van der Waals surface area contributed by atoms with Crippen molar-refractivity contribution in [3.63, 3.8) is 0 Å². The van der Waals surface area contributed by atoms with Gasteiger partial charge in [0, 0.05) is 36.8 Å². The molecule has 26 heavy (non-hydrogen) atoms. The fourth-order valence-corrected chi connectivity index (χ4v) is 3.89. The normalized spacial score (nSPS) is 16.9. The number of hydrogen-bond donors (Lipinski definition) is 0. The maximum atomic E-state index is 12.9. The summed E-state index contributed by atoms with van der Waals surface area (Å²) in [5.41, 5.74) is 1.35. The van der Waals surface area contributed by atoms with E-state index in [2.05, 4.69) is 27.8 Å². The molecule has 0 radical (unpaired) electrons. The minimum Gasteiger partial charge on any atom is -0.312 e. The molecule has 0 saturated heterocycles. The predicted octanol–water partition coefficient (Wildman–Crippen LogP) is 2.47. The first-order valence-corrected chi connectivity index (χ1v) is 9.44. The fraction of sp³-hybridized carbons (Fsp3) is 0.389. The molecule has 1 atom stereocenters. The number of hydrogen-bond acceptors (Lipinski definition) is 4. The second-order valence-corrected chi connectivity index (χ2v) is 7.69. The molecular formula is C18H20BrN5O2. The molecule has 3 aromatic rings. The Morgan fingerprint density at radius 1 is 1.19 bits per heavy atom. The molecule has 7 nitrogen and oxygen atoms in total. The molecule has 2 aromatic heterocycles. The minimum absolute atomic E-state index is 0.269. The van der Waals surface area contributed by atoms with E-state index in [-0.39, 0.29) is 11.2 Å². The molecule has 0 amide bonds. The van der Waals surface area contributed by atoms with Crippen molar-refractivity contribution >= 4 is 38.7 Å². The lowest BCUT2D eigenvalue weighted by Gasteiger charge is -2.33. The molecule has 4 rings (SSSR count). The Morgan fingerprint density at radius 2 is 1.88 bits per heavy atom. The lowest BCUT2D eigenvalue weighted by Crippen LogP contribution is -2.40. The molecule has 136 valence electrons. The summed E-state index contributed by atoms with van der Waals surface area (Å²) in [7, 11) is 1.67. The third-order valence-electron chi connectivity index (χ3n) is 4.90. The van der Waals surface area contributed by atoms with E-state index >= 15 is 0 Å². The van der Waals surface area contributed by atoms with Gasteiger partial charge in [0.2, 0.25) is 5.95 Å². The molecule has 0 fully saturated rings. The van der Waals surface area contributed by atoms with Gasteiger partial charge in [-0.05, 0) is 37.1 Å². The van der Waals surface area contributed by atoms with Crippen LogP contribution >= 0.6 is 15.9 Å². The second kappa shape index (κ2) is 6.12. The zero-order chi connectivity index (χ0) is 18.6. The Morgan fingerprint density at radius 3 is 2.54 bits per heavy atom. The molecule has 0 saturated carbocycles. The van der Waals surface area contributed by atoms with Crippen molar-refractivity contribution in [3.8, 4) is 0 Å². The molecule has 1 aliphatic heterocycles. The second-order valence-electron chi connectivity index (χ2n) is 6.78. The van der Waals surface area contributed by atoms with Gasteiger partial charge in [-0.3, -0.25) is 13.9 Å². The third kappa shape index (κ3) is 2.43.